The molecule has 0 unspecified atom stereocenters. The van der Waals surface area contributed by atoms with Crippen molar-refractivity contribution in [2.45, 2.75) is 57.9 Å². The summed E-state index contributed by atoms with van der Waals surface area (Å²) >= 11 is 0. The highest BCUT2D eigenvalue weighted by molar-refractivity contribution is 5.78. The van der Waals surface area contributed by atoms with Gasteiger partial charge in [-0.1, -0.05) is 25.7 Å². The summed E-state index contributed by atoms with van der Waals surface area (Å²) in [4.78, 5) is 4.32. The van der Waals surface area contributed by atoms with E-state index in [1.807, 2.05) is 6.92 Å². The van der Waals surface area contributed by atoms with Gasteiger partial charge in [0, 0.05) is 25.8 Å². The highest BCUT2D eigenvalue weighted by Crippen LogP contribution is 2.16. The molecule has 0 heterocycles. The molecule has 0 saturated heterocycles. The minimum Gasteiger partial charge on any atom is -0.382 e. The maximum absolute atomic E-state index is 5.87. The van der Waals surface area contributed by atoms with Crippen molar-refractivity contribution < 1.29 is 4.74 Å². The van der Waals surface area contributed by atoms with E-state index < -0.39 is 0 Å². The van der Waals surface area contributed by atoms with Crippen molar-refractivity contribution in [2.75, 3.05) is 19.8 Å². The van der Waals surface area contributed by atoms with E-state index in [0.29, 0.717) is 12.0 Å². The zero-order chi connectivity index (χ0) is 12.3. The third-order valence-electron chi connectivity index (χ3n) is 3.14. The number of ether oxygens (including phenoxy) is 1. The van der Waals surface area contributed by atoms with Gasteiger partial charge in [0.1, 0.15) is 0 Å². The van der Waals surface area contributed by atoms with Crippen molar-refractivity contribution in [1.29, 1.82) is 0 Å². The van der Waals surface area contributed by atoms with E-state index in [9.17, 15) is 0 Å². The monoisotopic (exact) mass is 241 g/mol. The molecule has 0 amide bonds. The van der Waals surface area contributed by atoms with Gasteiger partial charge >= 0.3 is 0 Å². The molecule has 1 fully saturated rings. The van der Waals surface area contributed by atoms with Crippen molar-refractivity contribution in [3.8, 4) is 0 Å². The van der Waals surface area contributed by atoms with E-state index in [0.717, 1.165) is 26.2 Å². The van der Waals surface area contributed by atoms with Gasteiger partial charge in [-0.3, -0.25) is 4.99 Å². The Hall–Kier alpha value is -0.770. The molecule has 100 valence electrons. The van der Waals surface area contributed by atoms with Crippen LogP contribution in [0.2, 0.25) is 0 Å². The lowest BCUT2D eigenvalue weighted by Gasteiger charge is -2.16. The van der Waals surface area contributed by atoms with E-state index >= 15 is 0 Å². The molecule has 4 heteroatoms. The number of nitrogens with two attached hydrogens (primary N) is 1. The van der Waals surface area contributed by atoms with Crippen LogP contribution in [0.1, 0.15) is 51.9 Å². The van der Waals surface area contributed by atoms with E-state index in [1.54, 1.807) is 0 Å². The van der Waals surface area contributed by atoms with Crippen LogP contribution in [0.5, 0.6) is 0 Å². The summed E-state index contributed by atoms with van der Waals surface area (Å²) in [7, 11) is 0. The van der Waals surface area contributed by atoms with Crippen LogP contribution in [0.4, 0.5) is 0 Å². The predicted octanol–water partition coefficient (Wildman–Crippen LogP) is 2.04. The van der Waals surface area contributed by atoms with Crippen LogP contribution in [0.15, 0.2) is 4.99 Å². The Labute approximate surface area is 105 Å². The van der Waals surface area contributed by atoms with Gasteiger partial charge in [-0.2, -0.15) is 0 Å². The molecule has 3 N–H and O–H groups in total. The summed E-state index contributed by atoms with van der Waals surface area (Å²) < 4.78 is 5.25. The predicted molar refractivity (Wildman–Crippen MR) is 72.2 cm³/mol. The second-order valence-electron chi connectivity index (χ2n) is 4.65. The molecule has 0 aromatic carbocycles. The summed E-state index contributed by atoms with van der Waals surface area (Å²) in [5.74, 6) is 0.605. The molecule has 0 atom stereocenters. The van der Waals surface area contributed by atoms with Crippen LogP contribution in [0, 0.1) is 0 Å². The number of aliphatic imine (C=N–C) groups is 1. The molecule has 1 rings (SSSR count). The maximum atomic E-state index is 5.87. The molecule has 0 spiro atoms. The van der Waals surface area contributed by atoms with Gasteiger partial charge in [0.25, 0.3) is 0 Å². The molecular weight excluding hydrogens is 214 g/mol. The van der Waals surface area contributed by atoms with E-state index in [2.05, 4.69) is 10.3 Å². The standard InChI is InChI=1S/C13H27N3O/c1-2-17-11-7-10-15-13(14)16-12-8-5-3-4-6-9-12/h12H,2-11H2,1H3,(H3,14,15,16). The third-order valence-corrected chi connectivity index (χ3v) is 3.14. The first kappa shape index (κ1) is 14.3. The maximum Gasteiger partial charge on any atom is 0.188 e. The van der Waals surface area contributed by atoms with Crippen LogP contribution in [-0.4, -0.2) is 31.8 Å². The lowest BCUT2D eigenvalue weighted by atomic mass is 10.1. The summed E-state index contributed by atoms with van der Waals surface area (Å²) in [5, 5.41) is 3.34. The van der Waals surface area contributed by atoms with Crippen molar-refractivity contribution in [3.63, 3.8) is 0 Å². The minimum absolute atomic E-state index is 0.535. The summed E-state index contributed by atoms with van der Waals surface area (Å²) in [6.45, 7) is 4.31. The van der Waals surface area contributed by atoms with Crippen molar-refractivity contribution in [3.05, 3.63) is 0 Å². The average molecular weight is 241 g/mol. The summed E-state index contributed by atoms with van der Waals surface area (Å²) in [6, 6.07) is 0.535. The Kier molecular flexibility index (Phi) is 7.80. The third kappa shape index (κ3) is 7.21. The Morgan fingerprint density at radius 2 is 2.00 bits per heavy atom. The highest BCUT2D eigenvalue weighted by Gasteiger charge is 2.11. The highest BCUT2D eigenvalue weighted by atomic mass is 16.5. The lowest BCUT2D eigenvalue weighted by Crippen LogP contribution is -2.39. The molecule has 0 aromatic rings. The number of rotatable bonds is 6. The van der Waals surface area contributed by atoms with E-state index in [4.69, 9.17) is 10.5 Å². The second kappa shape index (κ2) is 9.28. The van der Waals surface area contributed by atoms with Crippen LogP contribution in [0.3, 0.4) is 0 Å². The molecule has 0 aliphatic heterocycles. The zero-order valence-corrected chi connectivity index (χ0v) is 11.1. The molecule has 1 aliphatic rings. The Balaban J connectivity index is 2.13. The van der Waals surface area contributed by atoms with Crippen LogP contribution in [0.25, 0.3) is 0 Å². The zero-order valence-electron chi connectivity index (χ0n) is 11.1. The largest absolute Gasteiger partial charge is 0.382 e. The van der Waals surface area contributed by atoms with Gasteiger partial charge in [-0.15, -0.1) is 0 Å². The SMILES string of the molecule is CCOCCCN=C(N)NC1CCCCCC1. The summed E-state index contributed by atoms with van der Waals surface area (Å²) in [5.41, 5.74) is 5.87. The molecule has 0 radical (unpaired) electrons. The van der Waals surface area contributed by atoms with Crippen LogP contribution < -0.4 is 11.1 Å². The molecule has 4 nitrogen and oxygen atoms in total. The first-order valence-electron chi connectivity index (χ1n) is 6.97. The van der Waals surface area contributed by atoms with E-state index in [1.165, 1.54) is 38.5 Å². The van der Waals surface area contributed by atoms with E-state index in [-0.39, 0.29) is 0 Å². The molecule has 1 aliphatic carbocycles. The Bertz CT molecular complexity index is 211. The first-order valence-corrected chi connectivity index (χ1v) is 6.97. The minimum atomic E-state index is 0.535. The Morgan fingerprint density at radius 3 is 2.65 bits per heavy atom. The van der Waals surface area contributed by atoms with Crippen LogP contribution in [-0.2, 0) is 4.74 Å². The fourth-order valence-corrected chi connectivity index (χ4v) is 2.19. The molecule has 0 aromatic heterocycles. The van der Waals surface area contributed by atoms with Gasteiger partial charge in [-0.05, 0) is 26.2 Å². The number of guanidine groups is 1. The Morgan fingerprint density at radius 1 is 1.29 bits per heavy atom. The first-order chi connectivity index (χ1) is 8.33. The molecule has 1 saturated carbocycles. The van der Waals surface area contributed by atoms with Gasteiger partial charge in [0.05, 0.1) is 0 Å². The topological polar surface area (TPSA) is 59.6 Å². The second-order valence-corrected chi connectivity index (χ2v) is 4.65. The van der Waals surface area contributed by atoms with Gasteiger partial charge in [0.15, 0.2) is 5.96 Å². The smallest absolute Gasteiger partial charge is 0.188 e. The van der Waals surface area contributed by atoms with Gasteiger partial charge in [0.2, 0.25) is 0 Å². The van der Waals surface area contributed by atoms with Gasteiger partial charge < -0.3 is 15.8 Å². The van der Waals surface area contributed by atoms with Crippen LogP contribution >= 0.6 is 0 Å². The average Bonchev–Trinajstić information content (AvgIpc) is 2.57. The molecular formula is C13H27N3O. The van der Waals surface area contributed by atoms with Crippen molar-refractivity contribution >= 4 is 5.96 Å². The number of nitrogens with one attached hydrogen (secondary N) is 1. The normalized spacial score (nSPS) is 19.0. The van der Waals surface area contributed by atoms with Crippen molar-refractivity contribution in [1.82, 2.24) is 5.32 Å². The molecule has 17 heavy (non-hydrogen) atoms. The number of hydrogen-bond acceptors (Lipinski definition) is 2. The molecule has 0 bridgehead atoms. The number of nitrogens with zero attached hydrogens (tertiary/aromatic N) is 1. The quantitative estimate of drug-likeness (QED) is 0.324. The van der Waals surface area contributed by atoms with Gasteiger partial charge in [-0.25, -0.2) is 0 Å². The number of hydrogen-bond donors (Lipinski definition) is 2. The fraction of sp³-hybridized carbons (Fsp3) is 0.923. The lowest BCUT2D eigenvalue weighted by molar-refractivity contribution is 0.146. The summed E-state index contributed by atoms with van der Waals surface area (Å²) in [6.07, 6.45) is 8.77. The fourth-order valence-electron chi connectivity index (χ4n) is 2.19. The van der Waals surface area contributed by atoms with Crippen molar-refractivity contribution in [2.24, 2.45) is 10.7 Å².